The second-order valence-electron chi connectivity index (χ2n) is 6.80. The molecule has 0 aliphatic rings. The van der Waals surface area contributed by atoms with Crippen LogP contribution < -0.4 is 0 Å². The minimum atomic E-state index is -0.481. The number of hydrogen-bond donors (Lipinski definition) is 0. The van der Waals surface area contributed by atoms with E-state index in [-0.39, 0.29) is 12.6 Å². The van der Waals surface area contributed by atoms with Crippen molar-refractivity contribution in [1.29, 1.82) is 0 Å². The number of ether oxygens (including phenoxy) is 2. The highest BCUT2D eigenvalue weighted by molar-refractivity contribution is 5.76. The molecule has 0 aliphatic carbocycles. The quantitative estimate of drug-likeness (QED) is 0.166. The zero-order valence-corrected chi connectivity index (χ0v) is 17.1. The van der Waals surface area contributed by atoms with E-state index >= 15 is 0 Å². The van der Waals surface area contributed by atoms with E-state index < -0.39 is 5.97 Å². The molecule has 0 fully saturated rings. The monoisotopic (exact) mass is 368 g/mol. The molecule has 26 heavy (non-hydrogen) atoms. The van der Waals surface area contributed by atoms with Gasteiger partial charge in [0.05, 0.1) is 6.61 Å². The van der Waals surface area contributed by atoms with Crippen LogP contribution in [0.4, 0.5) is 0 Å². The molecule has 0 radical (unpaired) electrons. The van der Waals surface area contributed by atoms with Crippen LogP contribution in [-0.4, -0.2) is 25.2 Å². The average molecular weight is 369 g/mol. The standard InChI is InChI=1S/C22H40O4/c1-3-5-6-7-8-9-10-11-12-13-14-15-16-17-18-19-21(23)26-20-22(24)25-4-2/h11-12H,3-10,13-20H2,1-2H3. The van der Waals surface area contributed by atoms with Crippen molar-refractivity contribution in [2.45, 2.75) is 104 Å². The van der Waals surface area contributed by atoms with Gasteiger partial charge < -0.3 is 9.47 Å². The molecular formula is C22H40O4. The Labute approximate surface area is 160 Å². The van der Waals surface area contributed by atoms with Crippen molar-refractivity contribution in [3.63, 3.8) is 0 Å². The molecule has 0 saturated heterocycles. The van der Waals surface area contributed by atoms with E-state index in [0.717, 1.165) is 25.7 Å². The lowest BCUT2D eigenvalue weighted by atomic mass is 10.1. The van der Waals surface area contributed by atoms with Crippen LogP contribution in [0, 0.1) is 0 Å². The molecule has 0 rings (SSSR count). The Hall–Kier alpha value is -1.32. The minimum absolute atomic E-state index is 0.266. The largest absolute Gasteiger partial charge is 0.463 e. The maximum atomic E-state index is 11.4. The summed E-state index contributed by atoms with van der Waals surface area (Å²) >= 11 is 0. The summed E-state index contributed by atoms with van der Waals surface area (Å²) in [5, 5.41) is 0. The van der Waals surface area contributed by atoms with Crippen molar-refractivity contribution in [3.8, 4) is 0 Å². The van der Waals surface area contributed by atoms with E-state index in [1.165, 1.54) is 57.8 Å². The Kier molecular flexibility index (Phi) is 19.0. The molecule has 0 amide bonds. The summed E-state index contributed by atoms with van der Waals surface area (Å²) in [6.07, 6.45) is 21.0. The van der Waals surface area contributed by atoms with Gasteiger partial charge in [0.15, 0.2) is 6.61 Å². The fraction of sp³-hybridized carbons (Fsp3) is 0.818. The van der Waals surface area contributed by atoms with E-state index in [1.54, 1.807) is 6.92 Å². The molecule has 0 N–H and O–H groups in total. The van der Waals surface area contributed by atoms with Gasteiger partial charge in [0.1, 0.15) is 0 Å². The lowest BCUT2D eigenvalue weighted by Gasteiger charge is -2.04. The third-order valence-corrected chi connectivity index (χ3v) is 4.30. The van der Waals surface area contributed by atoms with Gasteiger partial charge in [0, 0.05) is 6.42 Å². The van der Waals surface area contributed by atoms with Crippen molar-refractivity contribution in [2.75, 3.05) is 13.2 Å². The number of rotatable bonds is 18. The van der Waals surface area contributed by atoms with Gasteiger partial charge in [0.2, 0.25) is 0 Å². The molecule has 0 aromatic carbocycles. The molecule has 0 bridgehead atoms. The van der Waals surface area contributed by atoms with Crippen molar-refractivity contribution in [2.24, 2.45) is 0 Å². The van der Waals surface area contributed by atoms with Gasteiger partial charge in [-0.3, -0.25) is 4.79 Å². The van der Waals surface area contributed by atoms with Gasteiger partial charge in [0.25, 0.3) is 0 Å². The Bertz CT molecular complexity index is 363. The average Bonchev–Trinajstić information content (AvgIpc) is 2.63. The Morgan fingerprint density at radius 3 is 1.77 bits per heavy atom. The van der Waals surface area contributed by atoms with Gasteiger partial charge in [-0.05, 0) is 39.0 Å². The lowest BCUT2D eigenvalue weighted by Crippen LogP contribution is -2.16. The lowest BCUT2D eigenvalue weighted by molar-refractivity contribution is -0.158. The highest BCUT2D eigenvalue weighted by atomic mass is 16.6. The molecule has 4 nitrogen and oxygen atoms in total. The molecule has 0 aliphatic heterocycles. The zero-order chi connectivity index (χ0) is 19.3. The zero-order valence-electron chi connectivity index (χ0n) is 17.1. The topological polar surface area (TPSA) is 52.6 Å². The smallest absolute Gasteiger partial charge is 0.344 e. The SMILES string of the molecule is CCCCCCCCC=CCCCCCCCC(=O)OCC(=O)OCC. The molecule has 0 aromatic heterocycles. The van der Waals surface area contributed by atoms with Crippen LogP contribution in [0.5, 0.6) is 0 Å². The summed E-state index contributed by atoms with van der Waals surface area (Å²) < 4.78 is 9.55. The summed E-state index contributed by atoms with van der Waals surface area (Å²) in [6.45, 7) is 4.03. The highest BCUT2D eigenvalue weighted by Gasteiger charge is 2.07. The summed E-state index contributed by atoms with van der Waals surface area (Å²) in [6, 6.07) is 0. The van der Waals surface area contributed by atoms with Crippen molar-refractivity contribution in [3.05, 3.63) is 12.2 Å². The number of allylic oxidation sites excluding steroid dienone is 2. The molecule has 152 valence electrons. The Morgan fingerprint density at radius 1 is 0.654 bits per heavy atom. The van der Waals surface area contributed by atoms with Crippen LogP contribution in [0.1, 0.15) is 104 Å². The van der Waals surface area contributed by atoms with Crippen molar-refractivity contribution in [1.82, 2.24) is 0 Å². The van der Waals surface area contributed by atoms with Gasteiger partial charge >= 0.3 is 11.9 Å². The van der Waals surface area contributed by atoms with Crippen LogP contribution in [0.2, 0.25) is 0 Å². The van der Waals surface area contributed by atoms with Crippen LogP contribution in [-0.2, 0) is 19.1 Å². The molecule has 0 aromatic rings. The summed E-state index contributed by atoms with van der Waals surface area (Å²) in [5.41, 5.74) is 0. The van der Waals surface area contributed by atoms with Gasteiger partial charge in [-0.2, -0.15) is 0 Å². The first-order chi connectivity index (χ1) is 12.7. The first-order valence-corrected chi connectivity index (χ1v) is 10.7. The van der Waals surface area contributed by atoms with Gasteiger partial charge in [-0.1, -0.05) is 70.4 Å². The van der Waals surface area contributed by atoms with E-state index in [2.05, 4.69) is 19.1 Å². The number of carbonyl (C=O) groups is 2. The maximum Gasteiger partial charge on any atom is 0.344 e. The summed E-state index contributed by atoms with van der Waals surface area (Å²) in [4.78, 5) is 22.5. The van der Waals surface area contributed by atoms with Crippen LogP contribution >= 0.6 is 0 Å². The molecule has 0 saturated carbocycles. The van der Waals surface area contributed by atoms with E-state index in [4.69, 9.17) is 9.47 Å². The van der Waals surface area contributed by atoms with Crippen LogP contribution in [0.25, 0.3) is 0 Å². The second-order valence-corrected chi connectivity index (χ2v) is 6.80. The fourth-order valence-electron chi connectivity index (χ4n) is 2.75. The highest BCUT2D eigenvalue weighted by Crippen LogP contribution is 2.10. The molecule has 0 unspecified atom stereocenters. The number of unbranched alkanes of at least 4 members (excludes halogenated alkanes) is 11. The van der Waals surface area contributed by atoms with E-state index in [9.17, 15) is 9.59 Å². The molecule has 0 heterocycles. The molecular weight excluding hydrogens is 328 g/mol. The van der Waals surface area contributed by atoms with Gasteiger partial charge in [-0.25, -0.2) is 4.79 Å². The fourth-order valence-corrected chi connectivity index (χ4v) is 2.75. The summed E-state index contributed by atoms with van der Waals surface area (Å²) in [5.74, 6) is -0.791. The number of esters is 2. The molecule has 4 heteroatoms. The van der Waals surface area contributed by atoms with Crippen molar-refractivity contribution >= 4 is 11.9 Å². The second kappa shape index (κ2) is 20.0. The van der Waals surface area contributed by atoms with Crippen LogP contribution in [0.3, 0.4) is 0 Å². The normalized spacial score (nSPS) is 11.0. The predicted octanol–water partition coefficient (Wildman–Crippen LogP) is 6.13. The van der Waals surface area contributed by atoms with Crippen molar-refractivity contribution < 1.29 is 19.1 Å². The summed E-state index contributed by atoms with van der Waals surface area (Å²) in [7, 11) is 0. The predicted molar refractivity (Wildman–Crippen MR) is 107 cm³/mol. The Morgan fingerprint density at radius 2 is 1.19 bits per heavy atom. The molecule has 0 atom stereocenters. The van der Waals surface area contributed by atoms with E-state index in [1.807, 2.05) is 0 Å². The third-order valence-electron chi connectivity index (χ3n) is 4.30. The van der Waals surface area contributed by atoms with E-state index in [0.29, 0.717) is 13.0 Å². The number of carbonyl (C=O) groups excluding carboxylic acids is 2. The molecule has 0 spiro atoms. The maximum absolute atomic E-state index is 11.4. The first-order valence-electron chi connectivity index (χ1n) is 10.7. The van der Waals surface area contributed by atoms with Gasteiger partial charge in [-0.15, -0.1) is 0 Å². The number of hydrogen-bond acceptors (Lipinski definition) is 4. The Balaban J connectivity index is 3.26. The first kappa shape index (κ1) is 24.7. The minimum Gasteiger partial charge on any atom is -0.463 e. The third kappa shape index (κ3) is 19.0. The van der Waals surface area contributed by atoms with Crippen LogP contribution in [0.15, 0.2) is 12.2 Å².